The molecule has 0 bridgehead atoms. The molecule has 3 aromatic carbocycles. The van der Waals surface area contributed by atoms with E-state index >= 15 is 0 Å². The molecule has 334 valence electrons. The summed E-state index contributed by atoms with van der Waals surface area (Å²) in [5.74, 6) is 1.81. The quantitative estimate of drug-likeness (QED) is 0.0723. The van der Waals surface area contributed by atoms with Crippen molar-refractivity contribution < 1.29 is 32.6 Å². The first-order chi connectivity index (χ1) is 28.9. The number of nitrogens with one attached hydrogen (secondary N) is 1. The molecule has 61 heavy (non-hydrogen) atoms. The fraction of sp³-hybridized carbons (Fsp3) is 0.592. The van der Waals surface area contributed by atoms with Gasteiger partial charge in [0.2, 0.25) is 0 Å². The van der Waals surface area contributed by atoms with E-state index in [1.54, 1.807) is 14.2 Å². The Morgan fingerprint density at radius 2 is 1.56 bits per heavy atom. The number of hydrogen-bond donors (Lipinski definition) is 1. The summed E-state index contributed by atoms with van der Waals surface area (Å²) in [7, 11) is -0.810. The maximum absolute atomic E-state index is 14.1. The highest BCUT2D eigenvalue weighted by Gasteiger charge is 2.42. The lowest BCUT2D eigenvalue weighted by molar-refractivity contribution is -0.0459. The summed E-state index contributed by atoms with van der Waals surface area (Å²) in [6.07, 6.45) is 1.82. The normalized spacial score (nSPS) is 17.0. The summed E-state index contributed by atoms with van der Waals surface area (Å²) in [5, 5.41) is 3.14. The molecule has 1 aliphatic carbocycles. The van der Waals surface area contributed by atoms with Gasteiger partial charge in [-0.25, -0.2) is 16.3 Å². The molecule has 0 aromatic heterocycles. The lowest BCUT2D eigenvalue weighted by atomic mass is 9.98. The highest BCUT2D eigenvalue weighted by molar-refractivity contribution is 6.75. The van der Waals surface area contributed by atoms with E-state index < -0.39 is 34.9 Å². The van der Waals surface area contributed by atoms with Gasteiger partial charge in [-0.2, -0.15) is 0 Å². The number of carbonyl (C=O) groups is 1. The number of unbranched alkanes of at least 4 members (excludes halogenated alkanes) is 1. The monoisotopic (exact) mass is 871 g/mol. The highest BCUT2D eigenvalue weighted by Crippen LogP contribution is 2.46. The molecule has 1 aliphatic heterocycles. The van der Waals surface area contributed by atoms with Crippen LogP contribution >= 0.6 is 0 Å². The van der Waals surface area contributed by atoms with Gasteiger partial charge >= 0.3 is 6.09 Å². The van der Waals surface area contributed by atoms with Gasteiger partial charge in [-0.3, -0.25) is 4.85 Å². The Morgan fingerprint density at radius 1 is 0.951 bits per heavy atom. The van der Waals surface area contributed by atoms with Crippen molar-refractivity contribution in [1.29, 1.82) is 0 Å². The maximum atomic E-state index is 14.1. The Morgan fingerprint density at radius 3 is 2.11 bits per heavy atom. The Hall–Kier alpha value is -3.87. The van der Waals surface area contributed by atoms with Gasteiger partial charge in [0, 0.05) is 43.2 Å². The van der Waals surface area contributed by atoms with Gasteiger partial charge in [0.05, 0.1) is 26.9 Å². The summed E-state index contributed by atoms with van der Waals surface area (Å²) >= 11 is 0. The Balaban J connectivity index is 1.39. The lowest BCUT2D eigenvalue weighted by Gasteiger charge is -2.37. The van der Waals surface area contributed by atoms with Crippen molar-refractivity contribution >= 4 is 22.7 Å². The van der Waals surface area contributed by atoms with Crippen molar-refractivity contribution in [3.63, 3.8) is 0 Å². The van der Waals surface area contributed by atoms with Crippen molar-refractivity contribution in [2.24, 2.45) is 0 Å². The summed E-state index contributed by atoms with van der Waals surface area (Å²) in [6, 6.07) is 17.9. The van der Waals surface area contributed by atoms with Crippen LogP contribution in [0.3, 0.4) is 0 Å². The van der Waals surface area contributed by atoms with Crippen LogP contribution in [0.2, 0.25) is 35.8 Å². The minimum atomic E-state index is -2.29. The van der Waals surface area contributed by atoms with Crippen LogP contribution in [-0.4, -0.2) is 93.1 Å². The second-order valence-electron chi connectivity index (χ2n) is 19.2. The average molecular weight is 872 g/mol. The van der Waals surface area contributed by atoms with Crippen molar-refractivity contribution in [2.75, 3.05) is 47.1 Å². The summed E-state index contributed by atoms with van der Waals surface area (Å²) < 4.78 is 37.9. The molecular weight excluding hydrogens is 799 g/mol. The molecule has 1 fully saturated rings. The summed E-state index contributed by atoms with van der Waals surface area (Å²) in [6.45, 7) is 35.7. The third-order valence-electron chi connectivity index (χ3n) is 13.8. The van der Waals surface area contributed by atoms with Gasteiger partial charge < -0.3 is 33.1 Å². The van der Waals surface area contributed by atoms with Crippen LogP contribution in [0.1, 0.15) is 95.9 Å². The first kappa shape index (κ1) is 48.2. The zero-order valence-electron chi connectivity index (χ0n) is 39.3. The number of ether oxygens (including phenoxy) is 4. The zero-order valence-corrected chi connectivity index (χ0v) is 41.3. The molecular formula is C49H73N3O7Si2. The molecule has 0 saturated carbocycles. The first-order valence-electron chi connectivity index (χ1n) is 22.3. The van der Waals surface area contributed by atoms with E-state index in [1.807, 2.05) is 37.3 Å². The number of amides is 1. The van der Waals surface area contributed by atoms with E-state index in [1.165, 1.54) is 0 Å². The van der Waals surface area contributed by atoms with Gasteiger partial charge in [-0.15, -0.1) is 0 Å². The number of benzene rings is 3. The molecule has 5 rings (SSSR count). The van der Waals surface area contributed by atoms with E-state index in [-0.39, 0.29) is 23.7 Å². The van der Waals surface area contributed by atoms with Crippen molar-refractivity contribution in [2.45, 2.75) is 141 Å². The molecule has 3 aromatic rings. The Bertz CT molecular complexity index is 1940. The van der Waals surface area contributed by atoms with Crippen molar-refractivity contribution in [3.8, 4) is 28.4 Å². The second kappa shape index (κ2) is 20.5. The number of fused-ring (bicyclic) bond motifs is 3. The largest absolute Gasteiger partial charge is 0.541 e. The zero-order chi connectivity index (χ0) is 44.7. The average Bonchev–Trinajstić information content (AvgIpc) is 3.53. The summed E-state index contributed by atoms with van der Waals surface area (Å²) in [5.41, 5.74) is 7.34. The fourth-order valence-electron chi connectivity index (χ4n) is 8.62. The third-order valence-corrected chi connectivity index (χ3v) is 23.6. The molecule has 10 nitrogen and oxygen atoms in total. The molecule has 3 atom stereocenters. The molecule has 12 heteroatoms. The van der Waals surface area contributed by atoms with Crippen molar-refractivity contribution in [3.05, 3.63) is 88.3 Å². The van der Waals surface area contributed by atoms with Gasteiger partial charge in [0.1, 0.15) is 24.1 Å². The summed E-state index contributed by atoms with van der Waals surface area (Å²) in [4.78, 5) is 20.5. The molecule has 0 radical (unpaired) electrons. The standard InChI is InChI=1S/C49H73N3O7Si2/c1-33(2)61(14,34(3)4)58-27-20-19-21-37-31-52(26-28-56-37)47(50-9)43(29-36-30-44(59-60(12,13)49(6,7)8)46(55-11)35(5)45(36)54-10)51-48(53)57-32-42-40-24-17-15-22-38(40)39-23-16-18-25-41(39)42/h15-18,22-25,30,33-34,37,42-43,47H,19-21,26-29,31-32H2,1-8,10-14H3,(H,51,53)/t37-,43-,47-/m0/s1. The van der Waals surface area contributed by atoms with Crippen LogP contribution in [0.25, 0.3) is 16.0 Å². The first-order valence-corrected chi connectivity index (χ1v) is 27.7. The van der Waals surface area contributed by atoms with E-state index in [4.69, 9.17) is 34.4 Å². The smallest absolute Gasteiger partial charge is 0.407 e. The molecule has 1 N–H and O–H groups in total. The SMILES string of the molecule is [C-]#[N+][C@H]([C@H](Cc1cc(O[Si](C)(C)C(C)(C)C)c(OC)c(C)c1OC)NC(=O)OCC1c2ccccc2-c2ccccc21)N1CCO[C@@H](CCCCO[Si](C)(C(C)C)C(C)C)C1. The van der Waals surface area contributed by atoms with E-state index in [9.17, 15) is 4.79 Å². The number of nitrogens with zero attached hydrogens (tertiary/aromatic N) is 2. The fourth-order valence-corrected chi connectivity index (χ4v) is 12.2. The van der Waals surface area contributed by atoms with E-state index in [2.05, 4.69) is 107 Å². The van der Waals surface area contributed by atoms with Gasteiger partial charge in [-0.1, -0.05) is 97.0 Å². The topological polar surface area (TPSA) is 92.1 Å². The van der Waals surface area contributed by atoms with Crippen LogP contribution in [0.5, 0.6) is 17.2 Å². The Labute approximate surface area is 369 Å². The molecule has 1 heterocycles. The van der Waals surface area contributed by atoms with Gasteiger partial charge in [0.25, 0.3) is 14.5 Å². The van der Waals surface area contributed by atoms with Gasteiger partial charge in [-0.05, 0) is 90.3 Å². The van der Waals surface area contributed by atoms with Crippen molar-refractivity contribution in [1.82, 2.24) is 10.2 Å². The lowest BCUT2D eigenvalue weighted by Crippen LogP contribution is -2.56. The minimum Gasteiger partial charge on any atom is -0.541 e. The highest BCUT2D eigenvalue weighted by atomic mass is 28.4. The number of morpholine rings is 1. The molecule has 1 amide bonds. The molecule has 1 saturated heterocycles. The molecule has 2 aliphatic rings. The predicted octanol–water partition coefficient (Wildman–Crippen LogP) is 11.4. The van der Waals surface area contributed by atoms with E-state index in [0.29, 0.717) is 54.4 Å². The number of alkyl carbamates (subject to hydrolysis) is 1. The van der Waals surface area contributed by atoms with Crippen LogP contribution in [0, 0.1) is 13.5 Å². The second-order valence-corrected chi connectivity index (χ2v) is 28.9. The number of rotatable bonds is 19. The predicted molar refractivity (Wildman–Crippen MR) is 251 cm³/mol. The van der Waals surface area contributed by atoms with Crippen LogP contribution in [0.15, 0.2) is 54.6 Å². The van der Waals surface area contributed by atoms with Crippen LogP contribution in [-0.2, 0) is 20.3 Å². The maximum Gasteiger partial charge on any atom is 0.407 e. The minimum absolute atomic E-state index is 0.0331. The van der Waals surface area contributed by atoms with Crippen LogP contribution < -0.4 is 19.2 Å². The third kappa shape index (κ3) is 11.0. The Kier molecular flexibility index (Phi) is 16.2. The number of hydrogen-bond acceptors (Lipinski definition) is 8. The molecule has 0 unspecified atom stereocenters. The van der Waals surface area contributed by atoms with Crippen LogP contribution in [0.4, 0.5) is 4.79 Å². The number of carbonyl (C=O) groups excluding carboxylic acids is 1. The number of methoxy groups -OCH3 is 2. The van der Waals surface area contributed by atoms with Gasteiger partial charge in [0.15, 0.2) is 14.1 Å². The van der Waals surface area contributed by atoms with E-state index in [0.717, 1.165) is 59.3 Å². The molecule has 0 spiro atoms.